The molecule has 0 aromatic carbocycles. The van der Waals surface area contributed by atoms with Crippen molar-refractivity contribution in [2.24, 2.45) is 0 Å². The van der Waals surface area contributed by atoms with Crippen molar-refractivity contribution in [2.45, 2.75) is 6.42 Å². The molecule has 0 spiro atoms. The van der Waals surface area contributed by atoms with Crippen LogP contribution in [0, 0.1) is 0 Å². The van der Waals surface area contributed by atoms with E-state index in [1.54, 1.807) is 7.05 Å². The molecule has 1 rings (SSSR count). The SMILES string of the molecule is CNC(=O)C1=CCCNC1. The molecule has 0 aliphatic carbocycles. The number of carbonyl (C=O) groups excluding carboxylic acids is 1. The van der Waals surface area contributed by atoms with Gasteiger partial charge in [0.1, 0.15) is 0 Å². The van der Waals surface area contributed by atoms with Gasteiger partial charge in [-0.05, 0) is 13.0 Å². The fraction of sp³-hybridized carbons (Fsp3) is 0.571. The first-order valence-electron chi connectivity index (χ1n) is 3.46. The van der Waals surface area contributed by atoms with Crippen LogP contribution in [0.4, 0.5) is 0 Å². The summed E-state index contributed by atoms with van der Waals surface area (Å²) in [6.07, 6.45) is 2.94. The van der Waals surface area contributed by atoms with Gasteiger partial charge in [0, 0.05) is 19.2 Å². The Bertz CT molecular complexity index is 163. The van der Waals surface area contributed by atoms with Crippen LogP contribution in [0.15, 0.2) is 11.6 Å². The highest BCUT2D eigenvalue weighted by molar-refractivity contribution is 5.93. The molecule has 0 aromatic rings. The first kappa shape index (κ1) is 7.28. The predicted molar refractivity (Wildman–Crippen MR) is 39.6 cm³/mol. The molecule has 0 radical (unpaired) electrons. The van der Waals surface area contributed by atoms with Crippen molar-refractivity contribution < 1.29 is 4.79 Å². The normalized spacial score (nSPS) is 17.9. The summed E-state index contributed by atoms with van der Waals surface area (Å²) in [6, 6.07) is 0. The second-order valence-corrected chi connectivity index (χ2v) is 2.27. The molecule has 0 saturated heterocycles. The summed E-state index contributed by atoms with van der Waals surface area (Å²) in [5.74, 6) is 0.0344. The Balaban J connectivity index is 2.53. The standard InChI is InChI=1S/C7H12N2O/c1-8-7(10)6-3-2-4-9-5-6/h3,9H,2,4-5H2,1H3,(H,8,10). The molecule has 3 heteroatoms. The molecule has 2 N–H and O–H groups in total. The van der Waals surface area contributed by atoms with Gasteiger partial charge in [0.25, 0.3) is 0 Å². The lowest BCUT2D eigenvalue weighted by atomic mass is 10.1. The lowest BCUT2D eigenvalue weighted by Gasteiger charge is -2.11. The number of hydrogen-bond acceptors (Lipinski definition) is 2. The zero-order valence-electron chi connectivity index (χ0n) is 6.11. The van der Waals surface area contributed by atoms with Gasteiger partial charge >= 0.3 is 0 Å². The summed E-state index contributed by atoms with van der Waals surface area (Å²) in [5, 5.41) is 5.71. The lowest BCUT2D eigenvalue weighted by molar-refractivity contribution is -0.117. The highest BCUT2D eigenvalue weighted by Crippen LogP contribution is 1.99. The second-order valence-electron chi connectivity index (χ2n) is 2.27. The van der Waals surface area contributed by atoms with E-state index in [1.165, 1.54) is 0 Å². The molecular weight excluding hydrogens is 128 g/mol. The number of rotatable bonds is 1. The van der Waals surface area contributed by atoms with E-state index in [0.29, 0.717) is 6.54 Å². The summed E-state index contributed by atoms with van der Waals surface area (Å²) >= 11 is 0. The van der Waals surface area contributed by atoms with Gasteiger partial charge in [-0.1, -0.05) is 6.08 Å². The van der Waals surface area contributed by atoms with E-state index in [2.05, 4.69) is 10.6 Å². The Morgan fingerprint density at radius 1 is 1.80 bits per heavy atom. The zero-order chi connectivity index (χ0) is 7.40. The van der Waals surface area contributed by atoms with Gasteiger partial charge in [0.15, 0.2) is 0 Å². The third-order valence-electron chi connectivity index (χ3n) is 1.55. The molecule has 56 valence electrons. The van der Waals surface area contributed by atoms with Crippen molar-refractivity contribution in [3.05, 3.63) is 11.6 Å². The van der Waals surface area contributed by atoms with Crippen molar-refractivity contribution in [3.63, 3.8) is 0 Å². The zero-order valence-corrected chi connectivity index (χ0v) is 6.11. The summed E-state index contributed by atoms with van der Waals surface area (Å²) in [6.45, 7) is 1.69. The molecule has 1 aliphatic rings. The number of nitrogens with one attached hydrogen (secondary N) is 2. The molecule has 1 aliphatic heterocycles. The average Bonchev–Trinajstić information content (AvgIpc) is 2.05. The Hall–Kier alpha value is -0.830. The van der Waals surface area contributed by atoms with E-state index in [0.717, 1.165) is 18.5 Å². The first-order chi connectivity index (χ1) is 4.84. The minimum atomic E-state index is 0.0344. The second kappa shape index (κ2) is 3.37. The van der Waals surface area contributed by atoms with Crippen LogP contribution in [0.2, 0.25) is 0 Å². The van der Waals surface area contributed by atoms with E-state index in [9.17, 15) is 4.79 Å². The number of amides is 1. The maximum atomic E-state index is 10.9. The Morgan fingerprint density at radius 3 is 3.10 bits per heavy atom. The highest BCUT2D eigenvalue weighted by atomic mass is 16.1. The molecular formula is C7H12N2O. The minimum Gasteiger partial charge on any atom is -0.355 e. The van der Waals surface area contributed by atoms with Crippen molar-refractivity contribution in [2.75, 3.05) is 20.1 Å². The van der Waals surface area contributed by atoms with Crippen LogP contribution in [0.25, 0.3) is 0 Å². The number of hydrogen-bond donors (Lipinski definition) is 2. The number of likely N-dealkylation sites (N-methyl/N-ethyl adjacent to an activating group) is 1. The van der Waals surface area contributed by atoms with Gasteiger partial charge in [-0.3, -0.25) is 4.79 Å². The van der Waals surface area contributed by atoms with Crippen LogP contribution in [-0.4, -0.2) is 26.0 Å². The molecule has 1 heterocycles. The van der Waals surface area contributed by atoms with Crippen LogP contribution in [-0.2, 0) is 4.79 Å². The van der Waals surface area contributed by atoms with Crippen molar-refractivity contribution >= 4 is 5.91 Å². The van der Waals surface area contributed by atoms with E-state index >= 15 is 0 Å². The minimum absolute atomic E-state index is 0.0344. The van der Waals surface area contributed by atoms with Gasteiger partial charge in [-0.2, -0.15) is 0 Å². The molecule has 0 fully saturated rings. The molecule has 0 saturated carbocycles. The van der Waals surface area contributed by atoms with Gasteiger partial charge in [0.2, 0.25) is 5.91 Å². The maximum Gasteiger partial charge on any atom is 0.247 e. The average molecular weight is 140 g/mol. The van der Waals surface area contributed by atoms with Crippen molar-refractivity contribution in [3.8, 4) is 0 Å². The fourth-order valence-electron chi connectivity index (χ4n) is 0.977. The van der Waals surface area contributed by atoms with Crippen LogP contribution < -0.4 is 10.6 Å². The maximum absolute atomic E-state index is 10.9. The fourth-order valence-corrected chi connectivity index (χ4v) is 0.977. The van der Waals surface area contributed by atoms with Crippen molar-refractivity contribution in [1.29, 1.82) is 0 Å². The molecule has 10 heavy (non-hydrogen) atoms. The third-order valence-corrected chi connectivity index (χ3v) is 1.55. The molecule has 0 unspecified atom stereocenters. The largest absolute Gasteiger partial charge is 0.355 e. The Kier molecular flexibility index (Phi) is 2.45. The van der Waals surface area contributed by atoms with Gasteiger partial charge in [-0.25, -0.2) is 0 Å². The third kappa shape index (κ3) is 1.57. The van der Waals surface area contributed by atoms with Crippen LogP contribution in [0.1, 0.15) is 6.42 Å². The van der Waals surface area contributed by atoms with Gasteiger partial charge in [0.05, 0.1) is 0 Å². The van der Waals surface area contributed by atoms with Crippen LogP contribution in [0.3, 0.4) is 0 Å². The molecule has 0 aromatic heterocycles. The van der Waals surface area contributed by atoms with Crippen molar-refractivity contribution in [1.82, 2.24) is 10.6 Å². The highest BCUT2D eigenvalue weighted by Gasteiger charge is 2.08. The van der Waals surface area contributed by atoms with Crippen LogP contribution in [0.5, 0.6) is 0 Å². The summed E-state index contributed by atoms with van der Waals surface area (Å²) in [7, 11) is 1.65. The van der Waals surface area contributed by atoms with E-state index in [1.807, 2.05) is 6.08 Å². The molecule has 3 nitrogen and oxygen atoms in total. The van der Waals surface area contributed by atoms with E-state index in [4.69, 9.17) is 0 Å². The summed E-state index contributed by atoms with van der Waals surface area (Å²) in [5.41, 5.74) is 0.855. The molecule has 1 amide bonds. The Morgan fingerprint density at radius 2 is 2.60 bits per heavy atom. The molecule has 0 bridgehead atoms. The lowest BCUT2D eigenvalue weighted by Crippen LogP contribution is -2.31. The number of carbonyl (C=O) groups is 1. The smallest absolute Gasteiger partial charge is 0.247 e. The first-order valence-corrected chi connectivity index (χ1v) is 3.46. The monoisotopic (exact) mass is 140 g/mol. The van der Waals surface area contributed by atoms with E-state index in [-0.39, 0.29) is 5.91 Å². The predicted octanol–water partition coefficient (Wildman–Crippen LogP) is -0.348. The Labute approximate surface area is 60.5 Å². The summed E-state index contributed by atoms with van der Waals surface area (Å²) < 4.78 is 0. The van der Waals surface area contributed by atoms with Crippen LogP contribution >= 0.6 is 0 Å². The molecule has 0 atom stereocenters. The van der Waals surface area contributed by atoms with Gasteiger partial charge in [-0.15, -0.1) is 0 Å². The topological polar surface area (TPSA) is 41.1 Å². The van der Waals surface area contributed by atoms with E-state index < -0.39 is 0 Å². The van der Waals surface area contributed by atoms with Gasteiger partial charge < -0.3 is 10.6 Å². The summed E-state index contributed by atoms with van der Waals surface area (Å²) in [4.78, 5) is 10.9. The quantitative estimate of drug-likeness (QED) is 0.523.